The minimum atomic E-state index is 1.08. The van der Waals surface area contributed by atoms with E-state index in [1.807, 2.05) is 0 Å². The summed E-state index contributed by atoms with van der Waals surface area (Å²) in [5.74, 6) is 0. The summed E-state index contributed by atoms with van der Waals surface area (Å²) in [6.45, 7) is 9.92. The van der Waals surface area contributed by atoms with Crippen LogP contribution in [0.15, 0.2) is 34.9 Å². The van der Waals surface area contributed by atoms with Gasteiger partial charge in [0.1, 0.15) is 0 Å². The van der Waals surface area contributed by atoms with E-state index in [1.54, 1.807) is 0 Å². The molecule has 0 fully saturated rings. The molecule has 0 spiro atoms. The van der Waals surface area contributed by atoms with Crippen LogP contribution in [0.2, 0.25) is 0 Å². The molecule has 0 aliphatic carbocycles. The maximum atomic E-state index is 2.29. The van der Waals surface area contributed by atoms with Crippen molar-refractivity contribution in [1.29, 1.82) is 0 Å². The van der Waals surface area contributed by atoms with Crippen LogP contribution >= 0.6 is 0 Å². The predicted molar refractivity (Wildman–Crippen MR) is 79.4 cm³/mol. The summed E-state index contributed by atoms with van der Waals surface area (Å²) in [4.78, 5) is 2.24. The SMILES string of the molecule is CC=C(C)CC=CCC(C)=C(C)CCN(C)C. The van der Waals surface area contributed by atoms with Crippen LogP contribution in [-0.4, -0.2) is 25.5 Å². The van der Waals surface area contributed by atoms with Gasteiger partial charge in [-0.25, -0.2) is 0 Å². The molecule has 0 heterocycles. The molecule has 0 rings (SSSR count). The Hall–Kier alpha value is -0.820. The Morgan fingerprint density at radius 1 is 0.941 bits per heavy atom. The van der Waals surface area contributed by atoms with E-state index < -0.39 is 0 Å². The molecule has 98 valence electrons. The van der Waals surface area contributed by atoms with Crippen molar-refractivity contribution in [2.75, 3.05) is 20.6 Å². The van der Waals surface area contributed by atoms with Gasteiger partial charge in [0.15, 0.2) is 0 Å². The fourth-order valence-electron chi connectivity index (χ4n) is 1.43. The zero-order valence-corrected chi connectivity index (χ0v) is 12.5. The van der Waals surface area contributed by atoms with Crippen molar-refractivity contribution in [3.63, 3.8) is 0 Å². The van der Waals surface area contributed by atoms with Gasteiger partial charge in [-0.05, 0) is 61.1 Å². The van der Waals surface area contributed by atoms with Gasteiger partial charge in [-0.1, -0.05) is 34.9 Å². The van der Waals surface area contributed by atoms with E-state index in [9.17, 15) is 0 Å². The minimum Gasteiger partial charge on any atom is -0.309 e. The second-order valence-electron chi connectivity index (χ2n) is 5.13. The average molecular weight is 235 g/mol. The van der Waals surface area contributed by atoms with Crippen LogP contribution in [0.25, 0.3) is 0 Å². The second-order valence-corrected chi connectivity index (χ2v) is 5.13. The molecule has 0 bridgehead atoms. The lowest BCUT2D eigenvalue weighted by Crippen LogP contribution is -2.13. The van der Waals surface area contributed by atoms with Gasteiger partial charge in [0.2, 0.25) is 0 Å². The van der Waals surface area contributed by atoms with Crippen LogP contribution < -0.4 is 0 Å². The molecule has 0 unspecified atom stereocenters. The highest BCUT2D eigenvalue weighted by atomic mass is 15.0. The summed E-state index contributed by atoms with van der Waals surface area (Å²) >= 11 is 0. The average Bonchev–Trinajstić information content (AvgIpc) is 2.30. The molecule has 0 radical (unpaired) electrons. The first-order chi connectivity index (χ1) is 7.97. The zero-order valence-electron chi connectivity index (χ0n) is 12.5. The number of allylic oxidation sites excluding steroid dienone is 5. The fourth-order valence-corrected chi connectivity index (χ4v) is 1.43. The normalized spacial score (nSPS) is 14.6. The van der Waals surface area contributed by atoms with Gasteiger partial charge in [-0.3, -0.25) is 0 Å². The molecule has 0 aliphatic rings. The van der Waals surface area contributed by atoms with Crippen LogP contribution in [-0.2, 0) is 0 Å². The van der Waals surface area contributed by atoms with Crippen molar-refractivity contribution in [2.24, 2.45) is 0 Å². The first-order valence-electron chi connectivity index (χ1n) is 6.54. The van der Waals surface area contributed by atoms with E-state index in [4.69, 9.17) is 0 Å². The van der Waals surface area contributed by atoms with Crippen molar-refractivity contribution in [3.05, 3.63) is 34.9 Å². The van der Waals surface area contributed by atoms with Gasteiger partial charge in [0, 0.05) is 6.54 Å². The largest absolute Gasteiger partial charge is 0.309 e. The van der Waals surface area contributed by atoms with Crippen LogP contribution in [0.1, 0.15) is 47.0 Å². The maximum Gasteiger partial charge on any atom is 0.00125 e. The summed E-state index contributed by atoms with van der Waals surface area (Å²) in [5.41, 5.74) is 4.49. The highest BCUT2D eigenvalue weighted by Crippen LogP contribution is 2.13. The van der Waals surface area contributed by atoms with Crippen molar-refractivity contribution in [3.8, 4) is 0 Å². The van der Waals surface area contributed by atoms with Crippen molar-refractivity contribution in [1.82, 2.24) is 4.90 Å². The Kier molecular flexibility index (Phi) is 8.79. The minimum absolute atomic E-state index is 1.08. The highest BCUT2D eigenvalue weighted by molar-refractivity contribution is 5.14. The molecule has 0 aromatic heterocycles. The highest BCUT2D eigenvalue weighted by Gasteiger charge is 1.97. The molecule has 17 heavy (non-hydrogen) atoms. The molecule has 0 aromatic rings. The molecule has 0 atom stereocenters. The Morgan fingerprint density at radius 2 is 1.53 bits per heavy atom. The molecule has 0 N–H and O–H groups in total. The van der Waals surface area contributed by atoms with Crippen LogP contribution in [0.4, 0.5) is 0 Å². The number of hydrogen-bond donors (Lipinski definition) is 0. The number of nitrogens with zero attached hydrogens (tertiary/aromatic N) is 1. The van der Waals surface area contributed by atoms with Crippen molar-refractivity contribution >= 4 is 0 Å². The third-order valence-corrected chi connectivity index (χ3v) is 3.19. The van der Waals surface area contributed by atoms with Crippen LogP contribution in [0, 0.1) is 0 Å². The van der Waals surface area contributed by atoms with Gasteiger partial charge in [-0.2, -0.15) is 0 Å². The van der Waals surface area contributed by atoms with Crippen LogP contribution in [0.3, 0.4) is 0 Å². The molecule has 1 nitrogen and oxygen atoms in total. The second kappa shape index (κ2) is 9.23. The van der Waals surface area contributed by atoms with E-state index in [2.05, 4.69) is 64.9 Å². The molecule has 0 aliphatic heterocycles. The fraction of sp³-hybridized carbons (Fsp3) is 0.625. The Morgan fingerprint density at radius 3 is 2.06 bits per heavy atom. The van der Waals surface area contributed by atoms with Gasteiger partial charge >= 0.3 is 0 Å². The van der Waals surface area contributed by atoms with E-state index in [1.165, 1.54) is 23.1 Å². The topological polar surface area (TPSA) is 3.24 Å². The van der Waals surface area contributed by atoms with Crippen molar-refractivity contribution in [2.45, 2.75) is 47.0 Å². The third kappa shape index (κ3) is 8.93. The van der Waals surface area contributed by atoms with E-state index in [-0.39, 0.29) is 0 Å². The molecule has 0 saturated heterocycles. The molecule has 0 amide bonds. The molecule has 0 saturated carbocycles. The molecular formula is C16H29N. The monoisotopic (exact) mass is 235 g/mol. The smallest absolute Gasteiger partial charge is 0.00125 e. The summed E-state index contributed by atoms with van der Waals surface area (Å²) < 4.78 is 0. The molecular weight excluding hydrogens is 206 g/mol. The maximum absolute atomic E-state index is 2.29. The standard InChI is InChI=1S/C16H29N/c1-7-14(2)10-8-9-11-15(3)16(4)12-13-17(5)6/h7-9H,10-13H2,1-6H3. The van der Waals surface area contributed by atoms with Gasteiger partial charge in [0.05, 0.1) is 0 Å². The number of hydrogen-bond acceptors (Lipinski definition) is 1. The summed E-state index contributed by atoms with van der Waals surface area (Å²) in [5, 5.41) is 0. The Bertz CT molecular complexity index is 293. The van der Waals surface area contributed by atoms with E-state index in [0.717, 1.165) is 19.4 Å². The van der Waals surface area contributed by atoms with Gasteiger partial charge in [-0.15, -0.1) is 0 Å². The quantitative estimate of drug-likeness (QED) is 0.584. The lowest BCUT2D eigenvalue weighted by molar-refractivity contribution is 0.412. The first kappa shape index (κ1) is 16.2. The summed E-state index contributed by atoms with van der Waals surface area (Å²) in [6, 6.07) is 0. The zero-order chi connectivity index (χ0) is 13.3. The Balaban J connectivity index is 4.05. The lowest BCUT2D eigenvalue weighted by Gasteiger charge is -2.11. The predicted octanol–water partition coefficient (Wildman–Crippen LogP) is 4.58. The van der Waals surface area contributed by atoms with Crippen LogP contribution in [0.5, 0.6) is 0 Å². The van der Waals surface area contributed by atoms with E-state index >= 15 is 0 Å². The third-order valence-electron chi connectivity index (χ3n) is 3.19. The summed E-state index contributed by atoms with van der Waals surface area (Å²) in [6.07, 6.45) is 10.1. The Labute approximate surface area is 108 Å². The molecule has 0 aromatic carbocycles. The van der Waals surface area contributed by atoms with Gasteiger partial charge < -0.3 is 4.90 Å². The summed E-state index contributed by atoms with van der Waals surface area (Å²) in [7, 11) is 4.25. The van der Waals surface area contributed by atoms with Gasteiger partial charge in [0.25, 0.3) is 0 Å². The lowest BCUT2D eigenvalue weighted by atomic mass is 10.0. The first-order valence-corrected chi connectivity index (χ1v) is 6.54. The molecule has 1 heteroatoms. The van der Waals surface area contributed by atoms with Crippen molar-refractivity contribution < 1.29 is 0 Å². The van der Waals surface area contributed by atoms with E-state index in [0.29, 0.717) is 0 Å². The number of rotatable bonds is 7.